The molecule has 3 nitrogen and oxygen atoms in total. The van der Waals surface area contributed by atoms with E-state index in [0.29, 0.717) is 0 Å². The Bertz CT molecular complexity index is 274. The maximum Gasteiger partial charge on any atom is 0.390 e. The Morgan fingerprint density at radius 2 is 1.91 bits per heavy atom. The Morgan fingerprint density at radius 3 is 2.36 bits per heavy atom. The molecule has 0 spiro atoms. The van der Waals surface area contributed by atoms with E-state index < -0.39 is 7.60 Å². The van der Waals surface area contributed by atoms with Gasteiger partial charge in [0.2, 0.25) is 0 Å². The number of hydrogen-bond acceptors (Lipinski definition) is 2. The predicted octanol–water partition coefficient (Wildman–Crippen LogP) is 1.40. The Labute approximate surface area is 62.9 Å². The standard InChI is InChI=1S/C6H6FO3P/c7-10-11(8,9)6-4-2-1-3-5-6/h1-5H,(H,8,9). The lowest BCUT2D eigenvalue weighted by atomic mass is 10.4. The van der Waals surface area contributed by atoms with Gasteiger partial charge in [-0.15, -0.1) is 4.73 Å². The van der Waals surface area contributed by atoms with Crippen molar-refractivity contribution in [2.75, 3.05) is 0 Å². The monoisotopic (exact) mass is 176 g/mol. The highest BCUT2D eigenvalue weighted by atomic mass is 31.2. The number of rotatable bonds is 2. The molecule has 60 valence electrons. The summed E-state index contributed by atoms with van der Waals surface area (Å²) in [6, 6.07) is 7.34. The SMILES string of the molecule is O=P(O)(OF)c1ccccc1. The summed E-state index contributed by atoms with van der Waals surface area (Å²) in [7, 11) is -4.19. The summed E-state index contributed by atoms with van der Waals surface area (Å²) in [5.74, 6) is 0. The summed E-state index contributed by atoms with van der Waals surface area (Å²) < 4.78 is 25.1. The van der Waals surface area contributed by atoms with Crippen LogP contribution in [0.2, 0.25) is 0 Å². The fourth-order valence-electron chi connectivity index (χ4n) is 0.656. The first-order chi connectivity index (χ1) is 5.17. The molecule has 0 amide bonds. The van der Waals surface area contributed by atoms with Crippen molar-refractivity contribution < 1.29 is 18.7 Å². The van der Waals surface area contributed by atoms with E-state index in [1.54, 1.807) is 6.07 Å². The zero-order chi connectivity index (χ0) is 8.32. The fourth-order valence-corrected chi connectivity index (χ4v) is 1.28. The largest absolute Gasteiger partial charge is 0.390 e. The average Bonchev–Trinajstić information content (AvgIpc) is 2.06. The molecule has 0 fully saturated rings. The minimum absolute atomic E-state index is 0.0532. The first-order valence-corrected chi connectivity index (χ1v) is 4.43. The van der Waals surface area contributed by atoms with Crippen LogP contribution in [-0.4, -0.2) is 4.89 Å². The Morgan fingerprint density at radius 1 is 1.36 bits per heavy atom. The van der Waals surface area contributed by atoms with Crippen LogP contribution in [0, 0.1) is 0 Å². The van der Waals surface area contributed by atoms with Crippen LogP contribution in [0.5, 0.6) is 0 Å². The first-order valence-electron chi connectivity index (χ1n) is 2.85. The lowest BCUT2D eigenvalue weighted by Crippen LogP contribution is -2.02. The van der Waals surface area contributed by atoms with E-state index in [4.69, 9.17) is 4.89 Å². The van der Waals surface area contributed by atoms with Crippen LogP contribution >= 0.6 is 7.60 Å². The second-order valence-electron chi connectivity index (χ2n) is 1.92. The minimum atomic E-state index is -4.19. The van der Waals surface area contributed by atoms with E-state index in [0.717, 1.165) is 0 Å². The summed E-state index contributed by atoms with van der Waals surface area (Å²) in [5.41, 5.74) is 0. The molecule has 1 atom stereocenters. The van der Waals surface area contributed by atoms with Crippen LogP contribution in [-0.2, 0) is 9.29 Å². The van der Waals surface area contributed by atoms with Crippen LogP contribution in [0.3, 0.4) is 0 Å². The van der Waals surface area contributed by atoms with Gasteiger partial charge in [0.25, 0.3) is 0 Å². The van der Waals surface area contributed by atoms with Crippen molar-refractivity contribution in [3.63, 3.8) is 0 Å². The lowest BCUT2D eigenvalue weighted by Gasteiger charge is -2.03. The molecule has 0 aliphatic rings. The van der Waals surface area contributed by atoms with Gasteiger partial charge in [0, 0.05) is 0 Å². The van der Waals surface area contributed by atoms with Crippen molar-refractivity contribution in [1.29, 1.82) is 0 Å². The fraction of sp³-hybridized carbons (Fsp3) is 0. The van der Waals surface area contributed by atoms with Gasteiger partial charge in [-0.3, -0.25) is 4.57 Å². The molecule has 1 rings (SSSR count). The van der Waals surface area contributed by atoms with Crippen molar-refractivity contribution in [2.24, 2.45) is 0 Å². The molecular weight excluding hydrogens is 170 g/mol. The van der Waals surface area contributed by atoms with Gasteiger partial charge in [-0.05, 0) is 16.7 Å². The van der Waals surface area contributed by atoms with Gasteiger partial charge < -0.3 is 4.89 Å². The van der Waals surface area contributed by atoms with Crippen molar-refractivity contribution in [1.82, 2.24) is 0 Å². The summed E-state index contributed by atoms with van der Waals surface area (Å²) >= 11 is 0. The molecule has 0 heterocycles. The van der Waals surface area contributed by atoms with E-state index in [1.807, 2.05) is 0 Å². The molecule has 0 radical (unpaired) electrons. The highest BCUT2D eigenvalue weighted by molar-refractivity contribution is 7.61. The summed E-state index contributed by atoms with van der Waals surface area (Å²) in [6.45, 7) is 0. The summed E-state index contributed by atoms with van der Waals surface area (Å²) in [6.07, 6.45) is 0. The average molecular weight is 176 g/mol. The Hall–Kier alpha value is -0.700. The first kappa shape index (κ1) is 8.40. The lowest BCUT2D eigenvalue weighted by molar-refractivity contribution is -0.0151. The third-order valence-electron chi connectivity index (χ3n) is 1.18. The number of halogens is 1. The molecule has 1 aromatic rings. The zero-order valence-corrected chi connectivity index (χ0v) is 6.37. The van der Waals surface area contributed by atoms with Gasteiger partial charge in [0.15, 0.2) is 0 Å². The maximum absolute atomic E-state index is 11.4. The molecule has 5 heteroatoms. The van der Waals surface area contributed by atoms with Crippen LogP contribution in [0.15, 0.2) is 30.3 Å². The van der Waals surface area contributed by atoms with Crippen LogP contribution in [0.1, 0.15) is 0 Å². The van der Waals surface area contributed by atoms with Crippen molar-refractivity contribution in [3.05, 3.63) is 30.3 Å². The third kappa shape index (κ3) is 1.87. The van der Waals surface area contributed by atoms with Crippen LogP contribution < -0.4 is 5.30 Å². The molecule has 11 heavy (non-hydrogen) atoms. The molecule has 0 aliphatic heterocycles. The molecule has 0 saturated heterocycles. The minimum Gasteiger partial charge on any atom is -0.319 e. The van der Waals surface area contributed by atoms with Crippen molar-refractivity contribution in [2.45, 2.75) is 0 Å². The maximum atomic E-state index is 11.4. The molecule has 1 aromatic carbocycles. The molecule has 0 bridgehead atoms. The molecule has 0 aromatic heterocycles. The van der Waals surface area contributed by atoms with E-state index in [-0.39, 0.29) is 5.30 Å². The zero-order valence-electron chi connectivity index (χ0n) is 5.48. The Kier molecular flexibility index (Phi) is 2.39. The van der Waals surface area contributed by atoms with E-state index in [1.165, 1.54) is 24.3 Å². The number of benzene rings is 1. The van der Waals surface area contributed by atoms with Gasteiger partial charge in [-0.25, -0.2) is 0 Å². The topological polar surface area (TPSA) is 46.5 Å². The Balaban J connectivity index is 3.03. The highest BCUT2D eigenvalue weighted by Gasteiger charge is 2.22. The van der Waals surface area contributed by atoms with Gasteiger partial charge in [-0.2, -0.15) is 0 Å². The summed E-state index contributed by atoms with van der Waals surface area (Å²) in [5, 5.41) is -0.0532. The van der Waals surface area contributed by atoms with Crippen LogP contribution in [0.4, 0.5) is 4.53 Å². The van der Waals surface area contributed by atoms with E-state index >= 15 is 0 Å². The smallest absolute Gasteiger partial charge is 0.319 e. The molecule has 1 unspecified atom stereocenters. The molecule has 0 saturated carbocycles. The second kappa shape index (κ2) is 3.13. The normalized spacial score (nSPS) is 15.8. The predicted molar refractivity (Wildman–Crippen MR) is 38.1 cm³/mol. The van der Waals surface area contributed by atoms with Gasteiger partial charge in [0.1, 0.15) is 0 Å². The molecule has 0 aliphatic carbocycles. The summed E-state index contributed by atoms with van der Waals surface area (Å²) in [4.78, 5) is 8.75. The third-order valence-corrected chi connectivity index (χ3v) is 2.31. The van der Waals surface area contributed by atoms with Crippen molar-refractivity contribution >= 4 is 12.9 Å². The van der Waals surface area contributed by atoms with E-state index in [9.17, 15) is 9.09 Å². The molecule has 1 N–H and O–H groups in total. The van der Waals surface area contributed by atoms with Gasteiger partial charge >= 0.3 is 7.60 Å². The van der Waals surface area contributed by atoms with Crippen LogP contribution in [0.25, 0.3) is 0 Å². The van der Waals surface area contributed by atoms with Gasteiger partial charge in [0.05, 0.1) is 5.30 Å². The highest BCUT2D eigenvalue weighted by Crippen LogP contribution is 2.40. The van der Waals surface area contributed by atoms with Gasteiger partial charge in [-0.1, -0.05) is 18.2 Å². The number of hydrogen-bond donors (Lipinski definition) is 1. The van der Waals surface area contributed by atoms with E-state index in [2.05, 4.69) is 4.73 Å². The molecular formula is C6H6FO3P. The quantitative estimate of drug-likeness (QED) is 0.692. The van der Waals surface area contributed by atoms with Crippen molar-refractivity contribution in [3.8, 4) is 0 Å². The second-order valence-corrected chi connectivity index (χ2v) is 3.62.